The average molecular weight is 488 g/mol. The van der Waals surface area contributed by atoms with Gasteiger partial charge in [-0.15, -0.1) is 0 Å². The van der Waals surface area contributed by atoms with Gasteiger partial charge in [-0.25, -0.2) is 0 Å². The fourth-order valence-electron chi connectivity index (χ4n) is 6.41. The molecule has 0 radical (unpaired) electrons. The van der Waals surface area contributed by atoms with Gasteiger partial charge in [-0.05, 0) is 25.2 Å². The average Bonchev–Trinajstić information content (AvgIpc) is 3.15. The Morgan fingerprint density at radius 2 is 1.74 bits per heavy atom. The number of aliphatic hydroxyl groups is 1. The van der Waals surface area contributed by atoms with Crippen molar-refractivity contribution in [3.8, 4) is 0 Å². The number of aliphatic hydroxyl groups excluding tert-OH is 1. The van der Waals surface area contributed by atoms with E-state index in [9.17, 15) is 19.5 Å². The number of likely N-dealkylation sites (tertiary alicyclic amines) is 1. The van der Waals surface area contributed by atoms with Crippen LogP contribution in [0.3, 0.4) is 0 Å². The van der Waals surface area contributed by atoms with Crippen LogP contribution in [0.2, 0.25) is 0 Å². The third-order valence-corrected chi connectivity index (χ3v) is 7.89. The number of amides is 3. The molecule has 4 rings (SSSR count). The van der Waals surface area contributed by atoms with Crippen molar-refractivity contribution < 1.29 is 24.2 Å². The fraction of sp³-hybridized carbons (Fsp3) is 0.741. The molecule has 35 heavy (non-hydrogen) atoms. The Hall–Kier alpha value is -2.19. The normalized spacial score (nSPS) is 33.2. The highest BCUT2D eigenvalue weighted by atomic mass is 16.5. The summed E-state index contributed by atoms with van der Waals surface area (Å²) in [7, 11) is 0. The maximum Gasteiger partial charge on any atom is 0.249 e. The molecule has 3 amide bonds. The predicted molar refractivity (Wildman–Crippen MR) is 132 cm³/mol. The third-order valence-electron chi connectivity index (χ3n) is 7.89. The molecular formula is C27H41N3O5. The molecule has 0 aromatic rings. The number of carbonyl (C=O) groups is 3. The summed E-state index contributed by atoms with van der Waals surface area (Å²) in [6.07, 6.45) is 10.3. The summed E-state index contributed by atoms with van der Waals surface area (Å²) in [5.74, 6) is -1.74. The van der Waals surface area contributed by atoms with E-state index in [4.69, 9.17) is 4.74 Å². The van der Waals surface area contributed by atoms with Crippen molar-refractivity contribution >= 4 is 17.7 Å². The van der Waals surface area contributed by atoms with Crippen molar-refractivity contribution in [1.82, 2.24) is 14.7 Å². The van der Waals surface area contributed by atoms with E-state index in [2.05, 4.69) is 6.92 Å². The maximum absolute atomic E-state index is 14.2. The van der Waals surface area contributed by atoms with E-state index in [1.807, 2.05) is 45.1 Å². The number of nitrogens with zero attached hydrogens (tertiary/aromatic N) is 3. The van der Waals surface area contributed by atoms with Gasteiger partial charge in [0.15, 0.2) is 0 Å². The molecule has 4 heterocycles. The zero-order chi connectivity index (χ0) is 25.3. The highest BCUT2D eigenvalue weighted by molar-refractivity contribution is 6.00. The van der Waals surface area contributed by atoms with Crippen molar-refractivity contribution in [2.75, 3.05) is 32.8 Å². The van der Waals surface area contributed by atoms with Gasteiger partial charge in [0.25, 0.3) is 0 Å². The third kappa shape index (κ3) is 4.33. The van der Waals surface area contributed by atoms with Crippen LogP contribution in [0, 0.1) is 17.8 Å². The molecule has 1 N–H and O–H groups in total. The van der Waals surface area contributed by atoms with E-state index in [1.165, 1.54) is 0 Å². The van der Waals surface area contributed by atoms with E-state index in [-0.39, 0.29) is 30.2 Å². The highest BCUT2D eigenvalue weighted by Crippen LogP contribution is 2.54. The van der Waals surface area contributed by atoms with Gasteiger partial charge in [0.1, 0.15) is 11.6 Å². The van der Waals surface area contributed by atoms with Gasteiger partial charge in [0.05, 0.1) is 30.6 Å². The molecule has 194 valence electrons. The summed E-state index contributed by atoms with van der Waals surface area (Å²) >= 11 is 0. The molecule has 1 unspecified atom stereocenters. The summed E-state index contributed by atoms with van der Waals surface area (Å²) in [6.45, 7) is 10.1. The van der Waals surface area contributed by atoms with Crippen molar-refractivity contribution in [3.63, 3.8) is 0 Å². The molecule has 0 aliphatic carbocycles. The van der Waals surface area contributed by atoms with Gasteiger partial charge >= 0.3 is 0 Å². The zero-order valence-electron chi connectivity index (χ0n) is 21.6. The summed E-state index contributed by atoms with van der Waals surface area (Å²) in [5, 5.41) is 10.3. The van der Waals surface area contributed by atoms with Crippen LogP contribution in [0.5, 0.6) is 0 Å². The summed E-state index contributed by atoms with van der Waals surface area (Å²) in [6, 6.07) is -1.40. The topological polar surface area (TPSA) is 90.4 Å². The minimum atomic E-state index is -1.22. The van der Waals surface area contributed by atoms with Crippen LogP contribution in [-0.4, -0.2) is 94.1 Å². The second-order valence-electron chi connectivity index (χ2n) is 10.8. The van der Waals surface area contributed by atoms with Crippen LogP contribution < -0.4 is 0 Å². The Morgan fingerprint density at radius 1 is 1.03 bits per heavy atom. The SMILES string of the molecule is CCCCN1CC=C[C@]23O[C@H]4C=CCN(CCC)C(=O)[C@H]4[C@H]2C(=O)N([C@@H](CO)CC(C)C)C3C1=O. The standard InChI is InChI=1S/C27H41N3O5/c1-5-7-13-29-15-9-11-27-22(21-20(35-27)10-8-14-28(12-6-2)24(21)32)25(33)30(23(27)26(29)34)19(17-31)16-18(3)4/h8-11,18-23,31H,5-7,12-17H2,1-4H3/t19-,20+,21-,22+,23?,27+/m1/s1. The quantitative estimate of drug-likeness (QED) is 0.503. The molecule has 4 aliphatic heterocycles. The second kappa shape index (κ2) is 10.4. The smallest absolute Gasteiger partial charge is 0.249 e. The molecule has 0 aromatic heterocycles. The first kappa shape index (κ1) is 25.9. The summed E-state index contributed by atoms with van der Waals surface area (Å²) in [5.41, 5.74) is -1.22. The van der Waals surface area contributed by atoms with Crippen LogP contribution in [0.4, 0.5) is 0 Å². The van der Waals surface area contributed by atoms with Crippen molar-refractivity contribution in [3.05, 3.63) is 24.3 Å². The number of ether oxygens (including phenoxy) is 1. The number of hydrogen-bond donors (Lipinski definition) is 1. The molecule has 8 heteroatoms. The molecule has 0 aromatic carbocycles. The first-order chi connectivity index (χ1) is 16.8. The van der Waals surface area contributed by atoms with Gasteiger partial charge in [-0.2, -0.15) is 0 Å². The highest BCUT2D eigenvalue weighted by Gasteiger charge is 2.72. The van der Waals surface area contributed by atoms with Gasteiger partial charge < -0.3 is 24.5 Å². The zero-order valence-corrected chi connectivity index (χ0v) is 21.6. The Morgan fingerprint density at radius 3 is 2.40 bits per heavy atom. The first-order valence-electron chi connectivity index (χ1n) is 13.3. The minimum Gasteiger partial charge on any atom is -0.394 e. The Bertz CT molecular complexity index is 886. The second-order valence-corrected chi connectivity index (χ2v) is 10.8. The number of hydrogen-bond acceptors (Lipinski definition) is 5. The number of carbonyl (C=O) groups excluding carboxylic acids is 3. The van der Waals surface area contributed by atoms with E-state index < -0.39 is 35.6 Å². The van der Waals surface area contributed by atoms with Crippen LogP contribution in [0.1, 0.15) is 53.4 Å². The lowest BCUT2D eigenvalue weighted by Gasteiger charge is -2.39. The Kier molecular flexibility index (Phi) is 7.71. The molecule has 1 spiro atoms. The van der Waals surface area contributed by atoms with Crippen LogP contribution in [-0.2, 0) is 19.1 Å². The van der Waals surface area contributed by atoms with E-state index >= 15 is 0 Å². The van der Waals surface area contributed by atoms with Crippen LogP contribution in [0.25, 0.3) is 0 Å². The van der Waals surface area contributed by atoms with Gasteiger partial charge in [-0.3, -0.25) is 14.4 Å². The van der Waals surface area contributed by atoms with Crippen molar-refractivity contribution in [2.45, 2.75) is 77.2 Å². The molecule has 6 atom stereocenters. The molecule has 0 bridgehead atoms. The lowest BCUT2D eigenvalue weighted by atomic mass is 9.77. The van der Waals surface area contributed by atoms with Crippen molar-refractivity contribution in [2.24, 2.45) is 17.8 Å². The summed E-state index contributed by atoms with van der Waals surface area (Å²) < 4.78 is 6.65. The fourth-order valence-corrected chi connectivity index (χ4v) is 6.41. The monoisotopic (exact) mass is 487 g/mol. The molecule has 2 fully saturated rings. The van der Waals surface area contributed by atoms with E-state index in [1.54, 1.807) is 14.7 Å². The number of unbranched alkanes of at least 4 members (excludes halogenated alkanes) is 1. The lowest BCUT2D eigenvalue weighted by molar-refractivity contribution is -0.151. The van der Waals surface area contributed by atoms with E-state index in [0.717, 1.165) is 19.3 Å². The Balaban J connectivity index is 1.81. The van der Waals surface area contributed by atoms with Crippen LogP contribution >= 0.6 is 0 Å². The maximum atomic E-state index is 14.2. The largest absolute Gasteiger partial charge is 0.394 e. The molecule has 4 aliphatic rings. The first-order valence-corrected chi connectivity index (χ1v) is 13.3. The number of fused-ring (bicyclic) bond motifs is 2. The van der Waals surface area contributed by atoms with Gasteiger partial charge in [-0.1, -0.05) is 58.4 Å². The van der Waals surface area contributed by atoms with Crippen LogP contribution in [0.15, 0.2) is 24.3 Å². The van der Waals surface area contributed by atoms with Gasteiger partial charge in [0, 0.05) is 26.2 Å². The number of rotatable bonds is 9. The Labute approximate surface area is 208 Å². The predicted octanol–water partition coefficient (Wildman–Crippen LogP) is 1.98. The van der Waals surface area contributed by atoms with E-state index in [0.29, 0.717) is 32.6 Å². The molecule has 2 saturated heterocycles. The molecular weight excluding hydrogens is 446 g/mol. The van der Waals surface area contributed by atoms with Crippen molar-refractivity contribution in [1.29, 1.82) is 0 Å². The van der Waals surface area contributed by atoms with Gasteiger partial charge in [0.2, 0.25) is 17.7 Å². The summed E-state index contributed by atoms with van der Waals surface area (Å²) in [4.78, 5) is 47.2. The lowest BCUT2D eigenvalue weighted by Crippen LogP contribution is -2.58. The molecule has 0 saturated carbocycles. The molecule has 8 nitrogen and oxygen atoms in total. The minimum absolute atomic E-state index is 0.0879.